The third-order valence-electron chi connectivity index (χ3n) is 4.62. The fraction of sp³-hybridized carbons (Fsp3) is 0.316. The van der Waals surface area contributed by atoms with Crippen LogP contribution in [0.2, 0.25) is 5.02 Å². The van der Waals surface area contributed by atoms with Gasteiger partial charge in [-0.1, -0.05) is 17.7 Å². The molecule has 0 aliphatic carbocycles. The van der Waals surface area contributed by atoms with Gasteiger partial charge >= 0.3 is 0 Å². The lowest BCUT2D eigenvalue weighted by Gasteiger charge is -2.39. The maximum absolute atomic E-state index is 13.9. The van der Waals surface area contributed by atoms with Crippen molar-refractivity contribution in [3.8, 4) is 0 Å². The van der Waals surface area contributed by atoms with E-state index in [0.717, 1.165) is 17.3 Å². The molecule has 25 heavy (non-hydrogen) atoms. The number of carbonyl (C=O) groups excluding carboxylic acids is 1. The van der Waals surface area contributed by atoms with Gasteiger partial charge in [-0.15, -0.1) is 0 Å². The van der Waals surface area contributed by atoms with Gasteiger partial charge in [0, 0.05) is 42.0 Å². The molecule has 0 bridgehead atoms. The fourth-order valence-electron chi connectivity index (χ4n) is 3.16. The Morgan fingerprint density at radius 1 is 1.16 bits per heavy atom. The molecule has 1 aliphatic heterocycles. The zero-order chi connectivity index (χ0) is 18.1. The molecule has 0 spiro atoms. The highest BCUT2D eigenvalue weighted by Crippen LogP contribution is 2.27. The summed E-state index contributed by atoms with van der Waals surface area (Å²) in [6.45, 7) is 5.10. The van der Waals surface area contributed by atoms with Gasteiger partial charge in [-0.3, -0.25) is 9.69 Å². The summed E-state index contributed by atoms with van der Waals surface area (Å²) in [5.41, 5.74) is 2.16. The Morgan fingerprint density at radius 2 is 1.92 bits per heavy atom. The van der Waals surface area contributed by atoms with Crippen LogP contribution in [0.15, 0.2) is 36.4 Å². The number of carbonyl (C=O) groups is 1. The summed E-state index contributed by atoms with van der Waals surface area (Å²) in [5.74, 6) is -1.23. The zero-order valence-corrected chi connectivity index (χ0v) is 14.9. The molecule has 1 atom stereocenters. The van der Waals surface area contributed by atoms with Gasteiger partial charge in [0.05, 0.1) is 6.04 Å². The minimum atomic E-state index is -0.603. The van der Waals surface area contributed by atoms with E-state index in [1.807, 2.05) is 24.0 Å². The van der Waals surface area contributed by atoms with Crippen molar-refractivity contribution in [1.29, 1.82) is 0 Å². The highest BCUT2D eigenvalue weighted by atomic mass is 35.5. The van der Waals surface area contributed by atoms with Crippen LogP contribution in [0.3, 0.4) is 0 Å². The second kappa shape index (κ2) is 7.10. The highest BCUT2D eigenvalue weighted by Gasteiger charge is 2.33. The number of hydrogen-bond donors (Lipinski definition) is 0. The van der Waals surface area contributed by atoms with E-state index in [2.05, 4.69) is 0 Å². The lowest BCUT2D eigenvalue weighted by Crippen LogP contribution is -2.55. The van der Waals surface area contributed by atoms with E-state index in [4.69, 9.17) is 11.6 Å². The van der Waals surface area contributed by atoms with Crippen LogP contribution in [0.25, 0.3) is 0 Å². The van der Waals surface area contributed by atoms with Crippen LogP contribution >= 0.6 is 11.6 Å². The van der Waals surface area contributed by atoms with Crippen molar-refractivity contribution in [2.24, 2.45) is 0 Å². The van der Waals surface area contributed by atoms with Gasteiger partial charge in [0.2, 0.25) is 5.91 Å². The van der Waals surface area contributed by atoms with Crippen LogP contribution in [0, 0.1) is 18.6 Å². The number of anilines is 1. The molecular formula is C19H19ClF2N2O. The van der Waals surface area contributed by atoms with Gasteiger partial charge in [-0.2, -0.15) is 0 Å². The molecule has 1 amide bonds. The van der Waals surface area contributed by atoms with Gasteiger partial charge < -0.3 is 4.90 Å². The van der Waals surface area contributed by atoms with Gasteiger partial charge in [-0.05, 0) is 43.7 Å². The average molecular weight is 365 g/mol. The van der Waals surface area contributed by atoms with Gasteiger partial charge in [0.1, 0.15) is 11.6 Å². The molecule has 1 heterocycles. The molecule has 0 radical (unpaired) electrons. The molecule has 1 saturated heterocycles. The van der Waals surface area contributed by atoms with Crippen molar-refractivity contribution < 1.29 is 13.6 Å². The molecule has 2 aromatic rings. The summed E-state index contributed by atoms with van der Waals surface area (Å²) < 4.78 is 26.9. The molecule has 0 unspecified atom stereocenters. The van der Waals surface area contributed by atoms with E-state index >= 15 is 0 Å². The normalized spacial score (nSPS) is 18.7. The minimum Gasteiger partial charge on any atom is -0.310 e. The molecule has 2 aromatic carbocycles. The van der Waals surface area contributed by atoms with Crippen molar-refractivity contribution in [2.45, 2.75) is 26.4 Å². The average Bonchev–Trinajstić information content (AvgIpc) is 2.55. The summed E-state index contributed by atoms with van der Waals surface area (Å²) in [6.07, 6.45) is 0. The number of amides is 1. The zero-order valence-electron chi connectivity index (χ0n) is 14.1. The Hall–Kier alpha value is -1.98. The Morgan fingerprint density at radius 3 is 2.60 bits per heavy atom. The topological polar surface area (TPSA) is 23.6 Å². The molecule has 0 saturated carbocycles. The predicted molar refractivity (Wildman–Crippen MR) is 94.8 cm³/mol. The van der Waals surface area contributed by atoms with E-state index < -0.39 is 17.7 Å². The highest BCUT2D eigenvalue weighted by molar-refractivity contribution is 6.30. The second-order valence-electron chi connectivity index (χ2n) is 6.30. The first-order chi connectivity index (χ1) is 11.9. The summed E-state index contributed by atoms with van der Waals surface area (Å²) in [5, 5.41) is 0.632. The first-order valence-corrected chi connectivity index (χ1v) is 8.50. The van der Waals surface area contributed by atoms with E-state index in [1.54, 1.807) is 17.9 Å². The SMILES string of the molecule is Cc1cc(Cl)ccc1N1CCN(Cc2ccc(F)cc2F)[C@H](C)C1=O. The monoisotopic (exact) mass is 364 g/mol. The number of aryl methyl sites for hydroxylation is 1. The summed E-state index contributed by atoms with van der Waals surface area (Å²) >= 11 is 5.99. The maximum Gasteiger partial charge on any atom is 0.244 e. The Kier molecular flexibility index (Phi) is 5.06. The van der Waals surface area contributed by atoms with E-state index in [-0.39, 0.29) is 12.5 Å². The number of halogens is 3. The van der Waals surface area contributed by atoms with Crippen molar-refractivity contribution in [3.05, 3.63) is 64.2 Å². The molecule has 1 aliphatic rings. The van der Waals surface area contributed by atoms with Gasteiger partial charge in [0.15, 0.2) is 0 Å². The van der Waals surface area contributed by atoms with Crippen LogP contribution in [-0.4, -0.2) is 29.9 Å². The fourth-order valence-corrected chi connectivity index (χ4v) is 3.39. The van der Waals surface area contributed by atoms with E-state index in [0.29, 0.717) is 23.7 Å². The van der Waals surface area contributed by atoms with Crippen LogP contribution in [0.1, 0.15) is 18.1 Å². The molecule has 132 valence electrons. The Bertz CT molecular complexity index is 812. The molecular weight excluding hydrogens is 346 g/mol. The molecule has 3 rings (SSSR count). The molecule has 3 nitrogen and oxygen atoms in total. The third-order valence-corrected chi connectivity index (χ3v) is 4.86. The molecule has 0 N–H and O–H groups in total. The first kappa shape index (κ1) is 17.8. The number of benzene rings is 2. The van der Waals surface area contributed by atoms with Crippen molar-refractivity contribution >= 4 is 23.2 Å². The quantitative estimate of drug-likeness (QED) is 0.816. The van der Waals surface area contributed by atoms with Gasteiger partial charge in [0.25, 0.3) is 0 Å². The molecule has 0 aromatic heterocycles. The van der Waals surface area contributed by atoms with Crippen molar-refractivity contribution in [2.75, 3.05) is 18.0 Å². The number of rotatable bonds is 3. The number of piperazine rings is 1. The van der Waals surface area contributed by atoms with E-state index in [1.165, 1.54) is 12.1 Å². The molecule has 6 heteroatoms. The summed E-state index contributed by atoms with van der Waals surface area (Å²) in [6, 6.07) is 8.58. The van der Waals surface area contributed by atoms with Crippen LogP contribution in [-0.2, 0) is 11.3 Å². The third kappa shape index (κ3) is 3.67. The Balaban J connectivity index is 1.77. The van der Waals surface area contributed by atoms with Crippen molar-refractivity contribution in [1.82, 2.24) is 4.90 Å². The molecule has 1 fully saturated rings. The lowest BCUT2D eigenvalue weighted by molar-refractivity contribution is -0.125. The number of nitrogens with zero attached hydrogens (tertiary/aromatic N) is 2. The Labute approximate surface area is 150 Å². The van der Waals surface area contributed by atoms with E-state index in [9.17, 15) is 13.6 Å². The smallest absolute Gasteiger partial charge is 0.244 e. The van der Waals surface area contributed by atoms with Crippen LogP contribution < -0.4 is 4.90 Å². The summed E-state index contributed by atoms with van der Waals surface area (Å²) in [7, 11) is 0. The summed E-state index contributed by atoms with van der Waals surface area (Å²) in [4.78, 5) is 16.4. The van der Waals surface area contributed by atoms with Gasteiger partial charge in [-0.25, -0.2) is 8.78 Å². The first-order valence-electron chi connectivity index (χ1n) is 8.12. The van der Waals surface area contributed by atoms with Crippen LogP contribution in [0.4, 0.5) is 14.5 Å². The minimum absolute atomic E-state index is 0.0424. The number of hydrogen-bond acceptors (Lipinski definition) is 2. The predicted octanol–water partition coefficient (Wildman–Crippen LogP) is 4.16. The maximum atomic E-state index is 13.9. The standard InChI is InChI=1S/C19H19ClF2N2O/c1-12-9-15(20)4-6-18(12)24-8-7-23(13(2)19(24)25)11-14-3-5-16(21)10-17(14)22/h3-6,9-10,13H,7-8,11H2,1-2H3/t13-/m1/s1. The van der Waals surface area contributed by atoms with Crippen LogP contribution in [0.5, 0.6) is 0 Å². The lowest BCUT2D eigenvalue weighted by atomic mass is 10.1. The largest absolute Gasteiger partial charge is 0.310 e. The van der Waals surface area contributed by atoms with Crippen molar-refractivity contribution in [3.63, 3.8) is 0 Å². The second-order valence-corrected chi connectivity index (χ2v) is 6.74.